The number of aliphatic imine (C=N–C) groups is 1. The first-order chi connectivity index (χ1) is 9.65. The second-order valence-electron chi connectivity index (χ2n) is 4.75. The fourth-order valence-corrected chi connectivity index (χ4v) is 2.22. The predicted molar refractivity (Wildman–Crippen MR) is 89.2 cm³/mol. The second kappa shape index (κ2) is 9.01. The highest BCUT2D eigenvalue weighted by Gasteiger charge is 2.11. The van der Waals surface area contributed by atoms with Crippen molar-refractivity contribution >= 4 is 29.9 Å². The van der Waals surface area contributed by atoms with Gasteiger partial charge in [0.25, 0.3) is 0 Å². The lowest BCUT2D eigenvalue weighted by molar-refractivity contribution is -0.0498. The minimum atomic E-state index is -2.81. The third-order valence-corrected chi connectivity index (χ3v) is 3.23. The van der Waals surface area contributed by atoms with Gasteiger partial charge in [-0.1, -0.05) is 12.1 Å². The number of nitrogens with zero attached hydrogens (tertiary/aromatic N) is 2. The summed E-state index contributed by atoms with van der Waals surface area (Å²) in [6.07, 6.45) is 3.50. The summed E-state index contributed by atoms with van der Waals surface area (Å²) in [5, 5.41) is 0. The first-order valence-corrected chi connectivity index (χ1v) is 6.74. The first kappa shape index (κ1) is 17.9. The maximum absolute atomic E-state index is 12.1. The molecule has 0 atom stereocenters. The van der Waals surface area contributed by atoms with E-state index in [4.69, 9.17) is 5.73 Å². The summed E-state index contributed by atoms with van der Waals surface area (Å²) in [6, 6.07) is 6.53. The first-order valence-electron chi connectivity index (χ1n) is 6.74. The van der Waals surface area contributed by atoms with Crippen LogP contribution in [0.25, 0.3) is 0 Å². The van der Waals surface area contributed by atoms with Crippen molar-refractivity contribution in [1.82, 2.24) is 4.90 Å². The van der Waals surface area contributed by atoms with E-state index in [9.17, 15) is 8.78 Å². The molecule has 2 N–H and O–H groups in total. The number of alkyl halides is 2. The molecule has 118 valence electrons. The molecule has 1 heterocycles. The normalized spacial score (nSPS) is 15.8. The summed E-state index contributed by atoms with van der Waals surface area (Å²) in [5.41, 5.74) is 6.73. The number of ether oxygens (including phenoxy) is 1. The van der Waals surface area contributed by atoms with Crippen LogP contribution in [0.4, 0.5) is 8.78 Å². The fourth-order valence-electron chi connectivity index (χ4n) is 2.22. The molecule has 0 aliphatic carbocycles. The van der Waals surface area contributed by atoms with Crippen LogP contribution in [-0.4, -0.2) is 30.6 Å². The van der Waals surface area contributed by atoms with E-state index in [1.165, 1.54) is 12.5 Å². The van der Waals surface area contributed by atoms with Gasteiger partial charge in [0, 0.05) is 13.1 Å². The van der Waals surface area contributed by atoms with E-state index in [1.807, 2.05) is 6.07 Å². The van der Waals surface area contributed by atoms with Gasteiger partial charge in [-0.05, 0) is 37.0 Å². The van der Waals surface area contributed by atoms with Crippen molar-refractivity contribution in [2.45, 2.75) is 32.4 Å². The van der Waals surface area contributed by atoms with E-state index >= 15 is 0 Å². The Kier molecular flexibility index (Phi) is 7.69. The van der Waals surface area contributed by atoms with E-state index in [1.54, 1.807) is 12.1 Å². The summed E-state index contributed by atoms with van der Waals surface area (Å²) in [4.78, 5) is 6.37. The molecule has 1 aliphatic heterocycles. The molecule has 7 heteroatoms. The lowest BCUT2D eigenvalue weighted by Crippen LogP contribution is -2.40. The van der Waals surface area contributed by atoms with E-state index in [2.05, 4.69) is 14.6 Å². The molecule has 0 spiro atoms. The molecule has 1 aliphatic rings. The molecule has 0 amide bonds. The Labute approximate surface area is 140 Å². The third kappa shape index (κ3) is 6.03. The molecular weight excluding hydrogens is 391 g/mol. The Hall–Kier alpha value is -1.12. The largest absolute Gasteiger partial charge is 0.435 e. The summed E-state index contributed by atoms with van der Waals surface area (Å²) in [6.45, 7) is -0.580. The Balaban J connectivity index is 0.00000220. The molecule has 1 aromatic rings. The Morgan fingerprint density at radius 1 is 1.29 bits per heavy atom. The minimum absolute atomic E-state index is 0. The van der Waals surface area contributed by atoms with Crippen molar-refractivity contribution in [3.05, 3.63) is 29.8 Å². The highest BCUT2D eigenvalue weighted by atomic mass is 127. The number of halogens is 3. The smallest absolute Gasteiger partial charge is 0.387 e. The topological polar surface area (TPSA) is 50.9 Å². The van der Waals surface area contributed by atoms with E-state index < -0.39 is 6.61 Å². The summed E-state index contributed by atoms with van der Waals surface area (Å²) in [7, 11) is 0. The van der Waals surface area contributed by atoms with Crippen molar-refractivity contribution in [1.29, 1.82) is 0 Å². The van der Waals surface area contributed by atoms with Gasteiger partial charge < -0.3 is 15.4 Å². The van der Waals surface area contributed by atoms with E-state index in [0.717, 1.165) is 31.5 Å². The van der Waals surface area contributed by atoms with E-state index in [-0.39, 0.29) is 29.7 Å². The summed E-state index contributed by atoms with van der Waals surface area (Å²) < 4.78 is 28.6. The van der Waals surface area contributed by atoms with E-state index in [0.29, 0.717) is 12.5 Å². The van der Waals surface area contributed by atoms with Crippen LogP contribution in [0.2, 0.25) is 0 Å². The van der Waals surface area contributed by atoms with Crippen molar-refractivity contribution < 1.29 is 13.5 Å². The third-order valence-electron chi connectivity index (χ3n) is 3.23. The highest BCUT2D eigenvalue weighted by molar-refractivity contribution is 14.0. The lowest BCUT2D eigenvalue weighted by atomic mass is 10.1. The second-order valence-corrected chi connectivity index (χ2v) is 4.75. The maximum atomic E-state index is 12.1. The molecule has 0 radical (unpaired) electrons. The van der Waals surface area contributed by atoms with Gasteiger partial charge in [-0.15, -0.1) is 24.0 Å². The van der Waals surface area contributed by atoms with Gasteiger partial charge in [0.1, 0.15) is 5.75 Å². The van der Waals surface area contributed by atoms with Gasteiger partial charge in [0.2, 0.25) is 0 Å². The quantitative estimate of drug-likeness (QED) is 0.471. The molecule has 1 aromatic carbocycles. The van der Waals surface area contributed by atoms with Crippen LogP contribution < -0.4 is 10.5 Å². The average Bonchev–Trinajstić information content (AvgIpc) is 2.45. The summed E-state index contributed by atoms with van der Waals surface area (Å²) >= 11 is 0. The molecule has 0 aromatic heterocycles. The van der Waals surface area contributed by atoms with Crippen LogP contribution in [-0.2, 0) is 6.54 Å². The van der Waals surface area contributed by atoms with Crippen LogP contribution in [0.5, 0.6) is 5.75 Å². The van der Waals surface area contributed by atoms with Crippen molar-refractivity contribution in [3.8, 4) is 5.75 Å². The number of hydrogen-bond donors (Lipinski definition) is 1. The number of nitrogens with two attached hydrogens (primary N) is 1. The van der Waals surface area contributed by atoms with Gasteiger partial charge in [-0.2, -0.15) is 8.78 Å². The van der Waals surface area contributed by atoms with Crippen molar-refractivity contribution in [2.24, 2.45) is 10.7 Å². The summed E-state index contributed by atoms with van der Waals surface area (Å²) in [5.74, 6) is 0.661. The lowest BCUT2D eigenvalue weighted by Gasteiger charge is -2.27. The Morgan fingerprint density at radius 3 is 2.67 bits per heavy atom. The minimum Gasteiger partial charge on any atom is -0.435 e. The molecule has 21 heavy (non-hydrogen) atoms. The zero-order chi connectivity index (χ0) is 14.4. The van der Waals surface area contributed by atoms with Gasteiger partial charge in [0.05, 0.1) is 6.54 Å². The number of rotatable bonds is 4. The standard InChI is InChI=1S/C14H19F2N3O.HI/c15-13(16)20-12-6-4-5-11(9-12)10-18-14(17)19-7-2-1-3-8-19;/h4-6,9,13H,1-3,7-8,10H2,(H2,17,18);1H. The number of benzene rings is 1. The molecule has 4 nitrogen and oxygen atoms in total. The van der Waals surface area contributed by atoms with Gasteiger partial charge in [-0.25, -0.2) is 4.99 Å². The van der Waals surface area contributed by atoms with Crippen molar-refractivity contribution in [3.63, 3.8) is 0 Å². The van der Waals surface area contributed by atoms with Gasteiger partial charge in [-0.3, -0.25) is 0 Å². The molecule has 1 saturated heterocycles. The number of piperidine rings is 1. The monoisotopic (exact) mass is 411 g/mol. The molecule has 0 bridgehead atoms. The number of hydrogen-bond acceptors (Lipinski definition) is 2. The van der Waals surface area contributed by atoms with Gasteiger partial charge in [0.15, 0.2) is 5.96 Å². The Bertz CT molecular complexity index is 465. The predicted octanol–water partition coefficient (Wildman–Crippen LogP) is 3.21. The number of guanidine groups is 1. The highest BCUT2D eigenvalue weighted by Crippen LogP contribution is 2.16. The van der Waals surface area contributed by atoms with Crippen LogP contribution >= 0.6 is 24.0 Å². The zero-order valence-electron chi connectivity index (χ0n) is 11.7. The van der Waals surface area contributed by atoms with Crippen LogP contribution in [0.1, 0.15) is 24.8 Å². The molecular formula is C14H20F2IN3O. The van der Waals surface area contributed by atoms with Gasteiger partial charge >= 0.3 is 6.61 Å². The van der Waals surface area contributed by atoms with Crippen molar-refractivity contribution in [2.75, 3.05) is 13.1 Å². The zero-order valence-corrected chi connectivity index (χ0v) is 14.0. The maximum Gasteiger partial charge on any atom is 0.387 e. The molecule has 0 unspecified atom stereocenters. The van der Waals surface area contributed by atoms with Crippen LogP contribution in [0.15, 0.2) is 29.3 Å². The average molecular weight is 411 g/mol. The molecule has 1 fully saturated rings. The van der Waals surface area contributed by atoms with Crippen LogP contribution in [0.3, 0.4) is 0 Å². The van der Waals surface area contributed by atoms with Crippen LogP contribution in [0, 0.1) is 0 Å². The number of likely N-dealkylation sites (tertiary alicyclic amines) is 1. The Morgan fingerprint density at radius 2 is 2.00 bits per heavy atom. The SMILES string of the molecule is I.NC(=NCc1cccc(OC(F)F)c1)N1CCCCC1. The molecule has 2 rings (SSSR count). The molecule has 0 saturated carbocycles. The fraction of sp³-hybridized carbons (Fsp3) is 0.500.